The van der Waals surface area contributed by atoms with Crippen LogP contribution in [0.15, 0.2) is 41.5 Å². The molecule has 7 nitrogen and oxygen atoms in total. The molecule has 3 rings (SSSR count). The molecule has 0 amide bonds. The van der Waals surface area contributed by atoms with Crippen molar-refractivity contribution in [2.45, 2.75) is 26.2 Å². The number of aromatic nitrogens is 2. The fourth-order valence-corrected chi connectivity index (χ4v) is 3.21. The molecule has 1 aliphatic rings. The Hall–Kier alpha value is -1.72. The van der Waals surface area contributed by atoms with Crippen molar-refractivity contribution in [1.29, 1.82) is 0 Å². The molecule has 1 aromatic heterocycles. The van der Waals surface area contributed by atoms with Gasteiger partial charge < -0.3 is 20.1 Å². The minimum Gasteiger partial charge on any atom is -0.381 e. The third-order valence-corrected chi connectivity index (χ3v) is 4.85. The fourth-order valence-electron chi connectivity index (χ4n) is 3.21. The van der Waals surface area contributed by atoms with Crippen molar-refractivity contribution in [3.8, 4) is 5.69 Å². The van der Waals surface area contributed by atoms with Gasteiger partial charge >= 0.3 is 0 Å². The van der Waals surface area contributed by atoms with Crippen LogP contribution in [0.3, 0.4) is 0 Å². The van der Waals surface area contributed by atoms with Crippen molar-refractivity contribution in [2.75, 3.05) is 46.1 Å². The molecule has 1 unspecified atom stereocenters. The molecule has 2 aromatic rings. The molecule has 0 aliphatic carbocycles. The predicted molar refractivity (Wildman–Crippen MR) is 131 cm³/mol. The molecule has 9 heteroatoms. The maximum Gasteiger partial charge on any atom is 0.191 e. The Morgan fingerprint density at radius 1 is 1.29 bits per heavy atom. The van der Waals surface area contributed by atoms with Crippen LogP contribution in [-0.2, 0) is 15.9 Å². The topological polar surface area (TPSA) is 72.7 Å². The van der Waals surface area contributed by atoms with Gasteiger partial charge in [0.05, 0.1) is 24.6 Å². The second-order valence-corrected chi connectivity index (χ2v) is 7.32. The minimum atomic E-state index is -0.249. The van der Waals surface area contributed by atoms with E-state index >= 15 is 0 Å². The summed E-state index contributed by atoms with van der Waals surface area (Å²) in [5.41, 5.74) is 1.81. The quantitative estimate of drug-likeness (QED) is 0.197. The van der Waals surface area contributed by atoms with Gasteiger partial charge in [0.2, 0.25) is 0 Å². The Bertz CT molecular complexity index is 778. The van der Waals surface area contributed by atoms with Gasteiger partial charge in [0.15, 0.2) is 5.96 Å². The lowest BCUT2D eigenvalue weighted by Crippen LogP contribution is -2.38. The molecular formula is C22H33FIN5O2. The smallest absolute Gasteiger partial charge is 0.191 e. The third-order valence-electron chi connectivity index (χ3n) is 4.85. The number of benzene rings is 1. The normalized spacial score (nSPS) is 16.2. The monoisotopic (exact) mass is 545 g/mol. The van der Waals surface area contributed by atoms with Gasteiger partial charge in [-0.15, -0.1) is 24.0 Å². The van der Waals surface area contributed by atoms with Gasteiger partial charge in [-0.25, -0.2) is 9.07 Å². The highest BCUT2D eigenvalue weighted by Gasteiger charge is 2.15. The van der Waals surface area contributed by atoms with E-state index in [2.05, 4.69) is 20.7 Å². The Balaban J connectivity index is 0.00000341. The van der Waals surface area contributed by atoms with Gasteiger partial charge in [-0.05, 0) is 50.1 Å². The molecule has 172 valence electrons. The second-order valence-electron chi connectivity index (χ2n) is 7.32. The van der Waals surface area contributed by atoms with Gasteiger partial charge in [-0.1, -0.05) is 0 Å². The van der Waals surface area contributed by atoms with Crippen LogP contribution in [0.1, 0.15) is 25.5 Å². The molecule has 1 atom stereocenters. The van der Waals surface area contributed by atoms with Crippen molar-refractivity contribution in [3.05, 3.63) is 48.0 Å². The van der Waals surface area contributed by atoms with Gasteiger partial charge in [-0.2, -0.15) is 5.10 Å². The lowest BCUT2D eigenvalue weighted by molar-refractivity contribution is 0.0893. The van der Waals surface area contributed by atoms with E-state index in [-0.39, 0.29) is 29.8 Å². The van der Waals surface area contributed by atoms with Gasteiger partial charge in [0.1, 0.15) is 5.82 Å². The Kier molecular flexibility index (Phi) is 11.8. The van der Waals surface area contributed by atoms with Crippen LogP contribution in [-0.4, -0.2) is 61.8 Å². The first-order chi connectivity index (χ1) is 14.7. The number of hydrogen-bond donors (Lipinski definition) is 2. The molecule has 2 heterocycles. The number of halogens is 2. The second kappa shape index (κ2) is 14.4. The van der Waals surface area contributed by atoms with Gasteiger partial charge in [0, 0.05) is 51.4 Å². The van der Waals surface area contributed by atoms with Crippen LogP contribution in [0, 0.1) is 11.7 Å². The molecule has 31 heavy (non-hydrogen) atoms. The summed E-state index contributed by atoms with van der Waals surface area (Å²) in [5.74, 6) is 1.11. The van der Waals surface area contributed by atoms with E-state index in [0.29, 0.717) is 5.92 Å². The van der Waals surface area contributed by atoms with E-state index in [0.717, 1.165) is 82.7 Å². The van der Waals surface area contributed by atoms with E-state index in [1.807, 2.05) is 19.2 Å². The number of aliphatic imine (C=N–C) groups is 1. The molecule has 1 saturated heterocycles. The zero-order chi connectivity index (χ0) is 21.0. The molecule has 1 aromatic carbocycles. The van der Waals surface area contributed by atoms with E-state index < -0.39 is 0 Å². The molecule has 2 N–H and O–H groups in total. The third kappa shape index (κ3) is 9.12. The molecule has 1 aliphatic heterocycles. The van der Waals surface area contributed by atoms with E-state index in [4.69, 9.17) is 9.47 Å². The molecule has 0 saturated carbocycles. The fraction of sp³-hybridized carbons (Fsp3) is 0.545. The number of rotatable bonds is 11. The van der Waals surface area contributed by atoms with Crippen LogP contribution in [0.5, 0.6) is 0 Å². The summed E-state index contributed by atoms with van der Waals surface area (Å²) < 4.78 is 25.9. The summed E-state index contributed by atoms with van der Waals surface area (Å²) in [6.07, 6.45) is 4.66. The average Bonchev–Trinajstić information content (AvgIpc) is 3.43. The summed E-state index contributed by atoms with van der Waals surface area (Å²) in [4.78, 5) is 4.60. The van der Waals surface area contributed by atoms with E-state index in [1.165, 1.54) is 12.1 Å². The van der Waals surface area contributed by atoms with Crippen LogP contribution in [0.2, 0.25) is 0 Å². The maximum atomic E-state index is 13.1. The molecule has 1 fully saturated rings. The van der Waals surface area contributed by atoms with Crippen LogP contribution in [0.4, 0.5) is 4.39 Å². The van der Waals surface area contributed by atoms with Gasteiger partial charge in [0.25, 0.3) is 0 Å². The van der Waals surface area contributed by atoms with Crippen molar-refractivity contribution >= 4 is 29.9 Å². The summed E-state index contributed by atoms with van der Waals surface area (Å²) in [5, 5.41) is 11.2. The van der Waals surface area contributed by atoms with E-state index in [1.54, 1.807) is 16.8 Å². The van der Waals surface area contributed by atoms with E-state index in [9.17, 15) is 4.39 Å². The standard InChI is InChI=1S/C22H32FN5O2.HI/c1-2-24-22(25-11-3-14-29-16-18-10-15-30-17-18)26-12-8-20-9-13-28(27-20)21-6-4-19(23)5-7-21;/h4-7,9,13,18H,2-3,8,10-12,14-17H2,1H3,(H2,24,25,26);1H. The zero-order valence-electron chi connectivity index (χ0n) is 18.1. The Labute approximate surface area is 200 Å². The maximum absolute atomic E-state index is 13.1. The zero-order valence-corrected chi connectivity index (χ0v) is 20.4. The number of nitrogens with zero attached hydrogens (tertiary/aromatic N) is 3. The number of guanidine groups is 1. The predicted octanol–water partition coefficient (Wildman–Crippen LogP) is 3.17. The highest BCUT2D eigenvalue weighted by Crippen LogP contribution is 2.12. The number of hydrogen-bond acceptors (Lipinski definition) is 4. The first kappa shape index (κ1) is 25.5. The largest absolute Gasteiger partial charge is 0.381 e. The Morgan fingerprint density at radius 3 is 2.87 bits per heavy atom. The first-order valence-corrected chi connectivity index (χ1v) is 10.7. The lowest BCUT2D eigenvalue weighted by atomic mass is 10.1. The summed E-state index contributed by atoms with van der Waals surface area (Å²) in [7, 11) is 0. The SMILES string of the molecule is CCNC(=NCCCOCC1CCOC1)NCCc1ccn(-c2ccc(F)cc2)n1.I. The highest BCUT2D eigenvalue weighted by molar-refractivity contribution is 14.0. The number of ether oxygens (including phenoxy) is 2. The summed E-state index contributed by atoms with van der Waals surface area (Å²) in [6, 6.07) is 8.27. The molecule has 0 bridgehead atoms. The first-order valence-electron chi connectivity index (χ1n) is 10.7. The van der Waals surface area contributed by atoms with Crippen LogP contribution >= 0.6 is 24.0 Å². The van der Waals surface area contributed by atoms with Crippen molar-refractivity contribution < 1.29 is 13.9 Å². The van der Waals surface area contributed by atoms with Crippen LogP contribution < -0.4 is 10.6 Å². The van der Waals surface area contributed by atoms with Crippen molar-refractivity contribution in [2.24, 2.45) is 10.9 Å². The summed E-state index contributed by atoms with van der Waals surface area (Å²) >= 11 is 0. The molecule has 0 spiro atoms. The number of nitrogens with one attached hydrogen (secondary N) is 2. The van der Waals surface area contributed by atoms with Gasteiger partial charge in [-0.3, -0.25) is 4.99 Å². The highest BCUT2D eigenvalue weighted by atomic mass is 127. The molecular weight excluding hydrogens is 512 g/mol. The van der Waals surface area contributed by atoms with Crippen molar-refractivity contribution in [3.63, 3.8) is 0 Å². The van der Waals surface area contributed by atoms with Crippen LogP contribution in [0.25, 0.3) is 5.69 Å². The van der Waals surface area contributed by atoms with Crippen molar-refractivity contribution in [1.82, 2.24) is 20.4 Å². The average molecular weight is 545 g/mol. The lowest BCUT2D eigenvalue weighted by Gasteiger charge is -2.11. The summed E-state index contributed by atoms with van der Waals surface area (Å²) in [6.45, 7) is 7.50. The Morgan fingerprint density at radius 2 is 2.13 bits per heavy atom. The molecule has 0 radical (unpaired) electrons. The minimum absolute atomic E-state index is 0.